The predicted molar refractivity (Wildman–Crippen MR) is 157 cm³/mol. The van der Waals surface area contributed by atoms with E-state index in [4.69, 9.17) is 9.72 Å². The summed E-state index contributed by atoms with van der Waals surface area (Å²) >= 11 is 3.50. The Hall–Kier alpha value is -3.07. The molecule has 1 N–H and O–H groups in total. The fourth-order valence-corrected chi connectivity index (χ4v) is 5.62. The van der Waals surface area contributed by atoms with Crippen molar-refractivity contribution in [3.05, 3.63) is 69.2 Å². The van der Waals surface area contributed by atoms with E-state index in [0.717, 1.165) is 41.8 Å². The summed E-state index contributed by atoms with van der Waals surface area (Å²) in [6.07, 6.45) is 3.35. The highest BCUT2D eigenvalue weighted by Crippen LogP contribution is 2.32. The zero-order valence-corrected chi connectivity index (χ0v) is 25.0. The quantitative estimate of drug-likeness (QED) is 0.271. The van der Waals surface area contributed by atoms with Crippen molar-refractivity contribution in [2.75, 3.05) is 24.5 Å². The molecule has 1 unspecified atom stereocenters. The van der Waals surface area contributed by atoms with E-state index >= 15 is 0 Å². The number of ether oxygens (including phenoxy) is 1. The third-order valence-electron chi connectivity index (χ3n) is 7.08. The van der Waals surface area contributed by atoms with Gasteiger partial charge >= 0.3 is 5.97 Å². The van der Waals surface area contributed by atoms with Crippen molar-refractivity contribution >= 4 is 44.5 Å². The first kappa shape index (κ1) is 29.9. The Kier molecular flexibility index (Phi) is 9.44. The van der Waals surface area contributed by atoms with Crippen molar-refractivity contribution in [2.24, 2.45) is 0 Å². The van der Waals surface area contributed by atoms with E-state index in [1.165, 1.54) is 24.6 Å². The van der Waals surface area contributed by atoms with Crippen LogP contribution in [0.4, 0.5) is 14.6 Å². The molecule has 1 aliphatic heterocycles. The minimum atomic E-state index is -0.778. The highest BCUT2D eigenvalue weighted by Gasteiger charge is 2.26. The predicted octanol–water partition coefficient (Wildman–Crippen LogP) is 7.21. The van der Waals surface area contributed by atoms with Crippen LogP contribution in [0, 0.1) is 18.6 Å². The second-order valence-electron chi connectivity index (χ2n) is 11.3. The fraction of sp³-hybridized carbons (Fsp3) is 0.452. The van der Waals surface area contributed by atoms with Crippen LogP contribution in [0.2, 0.25) is 0 Å². The zero-order valence-electron chi connectivity index (χ0n) is 23.5. The van der Waals surface area contributed by atoms with Gasteiger partial charge < -0.3 is 15.0 Å². The van der Waals surface area contributed by atoms with Gasteiger partial charge in [-0.3, -0.25) is 9.59 Å². The molecule has 1 saturated heterocycles. The molecule has 1 aromatic heterocycles. The lowest BCUT2D eigenvalue weighted by Crippen LogP contribution is -2.33. The number of fused-ring (bicyclic) bond motifs is 1. The maximum Gasteiger partial charge on any atom is 0.306 e. The van der Waals surface area contributed by atoms with Crippen molar-refractivity contribution in [1.29, 1.82) is 0 Å². The van der Waals surface area contributed by atoms with E-state index in [9.17, 15) is 18.4 Å². The first-order valence-corrected chi connectivity index (χ1v) is 14.5. The van der Waals surface area contributed by atoms with Crippen LogP contribution in [0.3, 0.4) is 0 Å². The Morgan fingerprint density at radius 3 is 2.42 bits per heavy atom. The number of carbonyl (C=O) groups is 2. The molecule has 0 radical (unpaired) electrons. The maximum atomic E-state index is 14.8. The van der Waals surface area contributed by atoms with Gasteiger partial charge in [0.05, 0.1) is 11.1 Å². The van der Waals surface area contributed by atoms with Crippen molar-refractivity contribution in [3.8, 4) is 0 Å². The lowest BCUT2D eigenvalue weighted by molar-refractivity contribution is -0.155. The molecule has 1 atom stereocenters. The molecule has 0 bridgehead atoms. The van der Waals surface area contributed by atoms with E-state index in [0.29, 0.717) is 16.5 Å². The molecule has 9 heteroatoms. The summed E-state index contributed by atoms with van der Waals surface area (Å²) in [6, 6.07) is 9.29. The van der Waals surface area contributed by atoms with Gasteiger partial charge in [0, 0.05) is 53.0 Å². The van der Waals surface area contributed by atoms with Crippen molar-refractivity contribution in [2.45, 2.75) is 71.3 Å². The van der Waals surface area contributed by atoms with Crippen LogP contribution in [0.25, 0.3) is 10.9 Å². The number of piperidine rings is 1. The van der Waals surface area contributed by atoms with Crippen LogP contribution in [-0.2, 0) is 9.53 Å². The number of pyridine rings is 1. The molecule has 2 heterocycles. The average molecular weight is 617 g/mol. The van der Waals surface area contributed by atoms with E-state index < -0.39 is 29.1 Å². The number of nitrogens with one attached hydrogen (secondary N) is 1. The maximum absolute atomic E-state index is 14.8. The number of esters is 1. The summed E-state index contributed by atoms with van der Waals surface area (Å²) in [5, 5.41) is 3.61. The normalized spacial score (nSPS) is 14.7. The van der Waals surface area contributed by atoms with E-state index in [1.54, 1.807) is 20.8 Å². The van der Waals surface area contributed by atoms with Gasteiger partial charge in [-0.05, 0) is 83.7 Å². The summed E-state index contributed by atoms with van der Waals surface area (Å²) in [5.41, 5.74) is 1.10. The van der Waals surface area contributed by atoms with Crippen LogP contribution in [0.15, 0.2) is 40.9 Å². The molecule has 0 aliphatic carbocycles. The summed E-state index contributed by atoms with van der Waals surface area (Å²) in [4.78, 5) is 33.3. The molecule has 6 nitrogen and oxygen atoms in total. The summed E-state index contributed by atoms with van der Waals surface area (Å²) in [7, 11) is 0. The molecular weight excluding hydrogens is 580 g/mol. The molecule has 3 aromatic rings. The van der Waals surface area contributed by atoms with E-state index in [-0.39, 0.29) is 30.9 Å². The van der Waals surface area contributed by atoms with Crippen molar-refractivity contribution in [3.63, 3.8) is 0 Å². The third-order valence-corrected chi connectivity index (χ3v) is 7.57. The molecule has 2 aromatic carbocycles. The number of rotatable bonds is 8. The lowest BCUT2D eigenvalue weighted by atomic mass is 9.92. The van der Waals surface area contributed by atoms with Gasteiger partial charge in [-0.15, -0.1) is 0 Å². The number of amides is 1. The minimum absolute atomic E-state index is 0.0468. The van der Waals surface area contributed by atoms with Gasteiger partial charge in [-0.1, -0.05) is 22.0 Å². The third kappa shape index (κ3) is 7.16. The molecule has 0 spiro atoms. The second-order valence-corrected chi connectivity index (χ2v) is 12.2. The number of aromatic nitrogens is 1. The summed E-state index contributed by atoms with van der Waals surface area (Å²) < 4.78 is 35.9. The molecule has 4 rings (SSSR count). The average Bonchev–Trinajstić information content (AvgIpc) is 2.88. The first-order chi connectivity index (χ1) is 18.9. The Morgan fingerprint density at radius 2 is 1.77 bits per heavy atom. The number of anilines is 1. The molecule has 1 amide bonds. The number of nitrogens with zero attached hydrogens (tertiary/aromatic N) is 2. The monoisotopic (exact) mass is 615 g/mol. The Morgan fingerprint density at radius 1 is 1.10 bits per heavy atom. The van der Waals surface area contributed by atoms with Gasteiger partial charge in [-0.2, -0.15) is 0 Å². The Balaban J connectivity index is 1.64. The van der Waals surface area contributed by atoms with Gasteiger partial charge in [-0.25, -0.2) is 13.8 Å². The van der Waals surface area contributed by atoms with Crippen molar-refractivity contribution < 1.29 is 23.1 Å². The van der Waals surface area contributed by atoms with Gasteiger partial charge in [0.2, 0.25) is 0 Å². The van der Waals surface area contributed by atoms with Crippen LogP contribution >= 0.6 is 15.9 Å². The summed E-state index contributed by atoms with van der Waals surface area (Å²) in [5.74, 6) is -2.26. The van der Waals surface area contributed by atoms with Crippen molar-refractivity contribution in [1.82, 2.24) is 10.3 Å². The topological polar surface area (TPSA) is 71.5 Å². The van der Waals surface area contributed by atoms with Gasteiger partial charge in [0.1, 0.15) is 23.1 Å². The highest BCUT2D eigenvalue weighted by atomic mass is 79.9. The smallest absolute Gasteiger partial charge is 0.306 e. The van der Waals surface area contributed by atoms with Crippen LogP contribution in [-0.4, -0.2) is 42.1 Å². The van der Waals surface area contributed by atoms with E-state index in [2.05, 4.69) is 26.1 Å². The van der Waals surface area contributed by atoms with Crippen LogP contribution < -0.4 is 10.2 Å². The number of hydrogen-bond donors (Lipinski definition) is 1. The molecule has 0 saturated carbocycles. The molecule has 1 aliphatic rings. The Labute approximate surface area is 242 Å². The molecule has 214 valence electrons. The first-order valence-electron chi connectivity index (χ1n) is 13.7. The number of carbonyl (C=O) groups excluding carboxylic acids is 2. The van der Waals surface area contributed by atoms with E-state index in [1.807, 2.05) is 25.1 Å². The van der Waals surface area contributed by atoms with Crippen LogP contribution in [0.5, 0.6) is 0 Å². The standard InChI is InChI=1S/C31H36BrF2N3O3/c1-19-27(22-17-21(32)12-13-25(22)36-29(19)37-15-6-5-7-16-37)30(39)35-18-20(11-14-26(38)40-31(2,3)4)28-23(33)9-8-10-24(28)34/h8-10,12-13,17,20H,5-7,11,14-16,18H2,1-4H3,(H,35,39). The molecule has 1 fully saturated rings. The lowest BCUT2D eigenvalue weighted by Gasteiger charge is -2.30. The van der Waals surface area contributed by atoms with Gasteiger partial charge in [0.15, 0.2) is 0 Å². The highest BCUT2D eigenvalue weighted by molar-refractivity contribution is 9.10. The number of benzene rings is 2. The van der Waals surface area contributed by atoms with Gasteiger partial charge in [0.25, 0.3) is 5.91 Å². The number of hydrogen-bond acceptors (Lipinski definition) is 5. The second kappa shape index (κ2) is 12.6. The largest absolute Gasteiger partial charge is 0.460 e. The SMILES string of the molecule is Cc1c(N2CCCCC2)nc2ccc(Br)cc2c1C(=O)NCC(CCC(=O)OC(C)(C)C)c1c(F)cccc1F. The molecule has 40 heavy (non-hydrogen) atoms. The molecular formula is C31H36BrF2N3O3. The minimum Gasteiger partial charge on any atom is -0.460 e. The fourth-order valence-electron chi connectivity index (χ4n) is 5.26. The number of halogens is 3. The Bertz CT molecular complexity index is 1380. The zero-order chi connectivity index (χ0) is 29.0. The summed E-state index contributed by atoms with van der Waals surface area (Å²) in [6.45, 7) is 8.86. The van der Waals surface area contributed by atoms with Crippen LogP contribution in [0.1, 0.15) is 80.3 Å².